The number of halogens is 1. The molecule has 0 saturated heterocycles. The van der Waals surface area contributed by atoms with E-state index in [1.807, 2.05) is 26.1 Å². The first kappa shape index (κ1) is 15.9. The smallest absolute Gasteiger partial charge is 0.156 e. The van der Waals surface area contributed by atoms with Gasteiger partial charge in [-0.25, -0.2) is 9.97 Å². The van der Waals surface area contributed by atoms with Gasteiger partial charge in [-0.2, -0.15) is 0 Å². The van der Waals surface area contributed by atoms with Gasteiger partial charge in [0.1, 0.15) is 10.7 Å². The van der Waals surface area contributed by atoms with Crippen molar-refractivity contribution < 1.29 is 0 Å². The summed E-state index contributed by atoms with van der Waals surface area (Å²) >= 11 is 6.21. The predicted molar refractivity (Wildman–Crippen MR) is 91.9 cm³/mol. The van der Waals surface area contributed by atoms with E-state index in [0.717, 1.165) is 22.3 Å². The van der Waals surface area contributed by atoms with Gasteiger partial charge in [-0.15, -0.1) is 0 Å². The summed E-state index contributed by atoms with van der Waals surface area (Å²) in [4.78, 5) is 16.1. The Balaban J connectivity index is 2.11. The highest BCUT2D eigenvalue weighted by Crippen LogP contribution is 2.34. The minimum absolute atomic E-state index is 0.283. The van der Waals surface area contributed by atoms with Crippen LogP contribution in [0.1, 0.15) is 25.6 Å². The molecule has 7 heteroatoms. The van der Waals surface area contributed by atoms with Gasteiger partial charge in [0.2, 0.25) is 0 Å². The van der Waals surface area contributed by atoms with Crippen LogP contribution in [0.5, 0.6) is 0 Å². The summed E-state index contributed by atoms with van der Waals surface area (Å²) in [6.07, 6.45) is 5.17. The maximum Gasteiger partial charge on any atom is 0.156 e. The second-order valence-electron chi connectivity index (χ2n) is 6.23. The molecule has 3 aromatic rings. The Kier molecular flexibility index (Phi) is 4.06. The van der Waals surface area contributed by atoms with Gasteiger partial charge in [0.25, 0.3) is 0 Å². The minimum Gasteiger partial charge on any atom is -0.344 e. The Hall–Kier alpha value is -2.02. The molecular formula is C16H19ClN6. The lowest BCUT2D eigenvalue weighted by Gasteiger charge is -2.29. The Morgan fingerprint density at radius 2 is 2.00 bits per heavy atom. The van der Waals surface area contributed by atoms with Crippen LogP contribution in [0.3, 0.4) is 0 Å². The molecule has 1 unspecified atom stereocenters. The Labute approximate surface area is 139 Å². The SMILES string of the molecule is CC(C)(CN)C(N)c1cc(-c2c[nH]c3nccnc23)cc(Cl)n1. The average Bonchev–Trinajstić information content (AvgIpc) is 2.97. The van der Waals surface area contributed by atoms with E-state index >= 15 is 0 Å². The van der Waals surface area contributed by atoms with Crippen LogP contribution in [0, 0.1) is 5.41 Å². The van der Waals surface area contributed by atoms with E-state index in [9.17, 15) is 0 Å². The zero-order chi connectivity index (χ0) is 16.6. The Bertz CT molecular complexity index is 841. The summed E-state index contributed by atoms with van der Waals surface area (Å²) < 4.78 is 0. The zero-order valence-corrected chi connectivity index (χ0v) is 13.8. The fourth-order valence-electron chi connectivity index (χ4n) is 2.43. The molecule has 0 aliphatic rings. The van der Waals surface area contributed by atoms with Crippen LogP contribution in [0.2, 0.25) is 5.15 Å². The summed E-state index contributed by atoms with van der Waals surface area (Å²) in [6.45, 7) is 4.48. The van der Waals surface area contributed by atoms with Crippen molar-refractivity contribution in [1.29, 1.82) is 0 Å². The molecule has 5 N–H and O–H groups in total. The fourth-order valence-corrected chi connectivity index (χ4v) is 2.64. The van der Waals surface area contributed by atoms with Crippen LogP contribution < -0.4 is 11.5 Å². The second-order valence-corrected chi connectivity index (χ2v) is 6.62. The molecule has 0 aliphatic heterocycles. The van der Waals surface area contributed by atoms with Crippen LogP contribution in [0.4, 0.5) is 0 Å². The van der Waals surface area contributed by atoms with E-state index in [0.29, 0.717) is 17.4 Å². The monoisotopic (exact) mass is 330 g/mol. The van der Waals surface area contributed by atoms with Crippen molar-refractivity contribution in [2.75, 3.05) is 6.54 Å². The van der Waals surface area contributed by atoms with E-state index in [1.54, 1.807) is 18.5 Å². The quantitative estimate of drug-likeness (QED) is 0.637. The van der Waals surface area contributed by atoms with Gasteiger partial charge in [0, 0.05) is 24.2 Å². The van der Waals surface area contributed by atoms with Gasteiger partial charge in [0.05, 0.1) is 11.7 Å². The molecule has 0 aromatic carbocycles. The number of aromatic amines is 1. The number of H-pyrrole nitrogens is 1. The van der Waals surface area contributed by atoms with E-state index in [1.165, 1.54) is 0 Å². The molecule has 1 atom stereocenters. The number of nitrogens with two attached hydrogens (primary N) is 2. The number of nitrogens with one attached hydrogen (secondary N) is 1. The molecule has 0 amide bonds. The first-order valence-corrected chi connectivity index (χ1v) is 7.72. The van der Waals surface area contributed by atoms with Gasteiger partial charge < -0.3 is 16.5 Å². The van der Waals surface area contributed by atoms with Crippen molar-refractivity contribution in [2.24, 2.45) is 16.9 Å². The molecule has 0 aliphatic carbocycles. The van der Waals surface area contributed by atoms with E-state index in [-0.39, 0.29) is 11.5 Å². The first-order chi connectivity index (χ1) is 10.9. The van der Waals surface area contributed by atoms with Gasteiger partial charge in [-0.3, -0.25) is 4.98 Å². The molecule has 6 nitrogen and oxygen atoms in total. The number of hydrogen-bond donors (Lipinski definition) is 3. The summed E-state index contributed by atoms with van der Waals surface area (Å²) in [6, 6.07) is 3.41. The van der Waals surface area contributed by atoms with E-state index in [4.69, 9.17) is 23.1 Å². The molecule has 0 spiro atoms. The van der Waals surface area contributed by atoms with Crippen molar-refractivity contribution in [1.82, 2.24) is 19.9 Å². The highest BCUT2D eigenvalue weighted by atomic mass is 35.5. The van der Waals surface area contributed by atoms with Crippen molar-refractivity contribution in [2.45, 2.75) is 19.9 Å². The summed E-state index contributed by atoms with van der Waals surface area (Å²) in [7, 11) is 0. The molecular weight excluding hydrogens is 312 g/mol. The molecule has 0 radical (unpaired) electrons. The highest BCUT2D eigenvalue weighted by molar-refractivity contribution is 6.29. The van der Waals surface area contributed by atoms with Gasteiger partial charge in [-0.1, -0.05) is 25.4 Å². The van der Waals surface area contributed by atoms with Gasteiger partial charge in [0.15, 0.2) is 5.65 Å². The van der Waals surface area contributed by atoms with Crippen LogP contribution in [-0.2, 0) is 0 Å². The molecule has 120 valence electrons. The van der Waals surface area contributed by atoms with Crippen LogP contribution in [0.15, 0.2) is 30.7 Å². The van der Waals surface area contributed by atoms with Crippen molar-refractivity contribution in [3.63, 3.8) is 0 Å². The van der Waals surface area contributed by atoms with E-state index < -0.39 is 0 Å². The lowest BCUT2D eigenvalue weighted by molar-refractivity contribution is 0.296. The third-order valence-corrected chi connectivity index (χ3v) is 4.31. The molecule has 3 rings (SSSR count). The summed E-state index contributed by atoms with van der Waals surface area (Å²) in [5.74, 6) is 0. The highest BCUT2D eigenvalue weighted by Gasteiger charge is 2.28. The number of fused-ring (bicyclic) bond motifs is 1. The lowest BCUT2D eigenvalue weighted by Crippen LogP contribution is -2.36. The second kappa shape index (κ2) is 5.88. The van der Waals surface area contributed by atoms with Gasteiger partial charge in [-0.05, 0) is 29.7 Å². The van der Waals surface area contributed by atoms with E-state index in [2.05, 4.69) is 19.9 Å². The van der Waals surface area contributed by atoms with Gasteiger partial charge >= 0.3 is 0 Å². The van der Waals surface area contributed by atoms with Crippen molar-refractivity contribution in [3.05, 3.63) is 41.6 Å². The minimum atomic E-state index is -0.318. The number of pyridine rings is 1. The molecule has 23 heavy (non-hydrogen) atoms. The third-order valence-electron chi connectivity index (χ3n) is 4.12. The first-order valence-electron chi connectivity index (χ1n) is 7.34. The topological polar surface area (TPSA) is 106 Å². The molecule has 3 heterocycles. The molecule has 0 bridgehead atoms. The molecule has 3 aromatic heterocycles. The zero-order valence-electron chi connectivity index (χ0n) is 13.0. The van der Waals surface area contributed by atoms with Crippen molar-refractivity contribution >= 4 is 22.8 Å². The van der Waals surface area contributed by atoms with Crippen molar-refractivity contribution in [3.8, 4) is 11.1 Å². The van der Waals surface area contributed by atoms with Crippen LogP contribution in [0.25, 0.3) is 22.3 Å². The maximum atomic E-state index is 6.35. The Morgan fingerprint density at radius 1 is 1.26 bits per heavy atom. The third kappa shape index (κ3) is 2.93. The maximum absolute atomic E-state index is 6.35. The number of hydrogen-bond acceptors (Lipinski definition) is 5. The summed E-state index contributed by atoms with van der Waals surface area (Å²) in [5.41, 5.74) is 15.9. The van der Waals surface area contributed by atoms with Crippen LogP contribution in [-0.4, -0.2) is 26.5 Å². The normalized spacial score (nSPS) is 13.4. The molecule has 0 fully saturated rings. The molecule has 0 saturated carbocycles. The fraction of sp³-hybridized carbons (Fsp3) is 0.312. The number of nitrogens with zero attached hydrogens (tertiary/aromatic N) is 3. The largest absolute Gasteiger partial charge is 0.344 e. The number of rotatable bonds is 4. The average molecular weight is 331 g/mol. The van der Waals surface area contributed by atoms with Crippen LogP contribution >= 0.6 is 11.6 Å². The standard InChI is InChI=1S/C16H19ClN6/c1-16(2,8-18)14(19)11-5-9(6-12(17)23-11)10-7-22-15-13(10)20-3-4-21-15/h3-7,14H,8,18-19H2,1-2H3,(H,21,22). The number of aromatic nitrogens is 4. The predicted octanol–water partition coefficient (Wildman–Crippen LogP) is 2.66. The lowest BCUT2D eigenvalue weighted by atomic mass is 9.82. The Morgan fingerprint density at radius 3 is 2.74 bits per heavy atom. The summed E-state index contributed by atoms with van der Waals surface area (Å²) in [5, 5.41) is 0.388.